The van der Waals surface area contributed by atoms with E-state index in [0.29, 0.717) is 6.42 Å². The quantitative estimate of drug-likeness (QED) is 0.758. The maximum atomic E-state index is 13.4. The van der Waals surface area contributed by atoms with E-state index >= 15 is 0 Å². The number of unbranched alkanes of at least 4 members (excludes halogenated alkanes) is 1. The van der Waals surface area contributed by atoms with Gasteiger partial charge in [0, 0.05) is 17.3 Å². The molecule has 0 fully saturated rings. The Morgan fingerprint density at radius 1 is 1.45 bits per heavy atom. The Labute approximate surface area is 117 Å². The van der Waals surface area contributed by atoms with Gasteiger partial charge in [0.2, 0.25) is 10.0 Å². The Morgan fingerprint density at radius 2 is 2.15 bits per heavy atom. The molecule has 0 aromatic heterocycles. The van der Waals surface area contributed by atoms with Crippen LogP contribution in [0.3, 0.4) is 0 Å². The molecule has 0 aliphatic heterocycles. The summed E-state index contributed by atoms with van der Waals surface area (Å²) >= 11 is 0. The minimum atomic E-state index is -3.47. The van der Waals surface area contributed by atoms with Crippen LogP contribution in [0.15, 0.2) is 24.3 Å². The molecular formula is C13H16FNO4S. The zero-order valence-electron chi connectivity index (χ0n) is 11.0. The maximum absolute atomic E-state index is 13.4. The lowest BCUT2D eigenvalue weighted by Gasteiger charge is -2.08. The highest BCUT2D eigenvalue weighted by atomic mass is 32.2. The summed E-state index contributed by atoms with van der Waals surface area (Å²) < 4.78 is 39.2. The molecule has 1 aromatic rings. The molecule has 110 valence electrons. The van der Waals surface area contributed by atoms with Crippen molar-refractivity contribution in [2.75, 3.05) is 10.5 Å². The molecule has 0 atom stereocenters. The van der Waals surface area contributed by atoms with Crippen molar-refractivity contribution in [2.24, 2.45) is 0 Å². The number of carboxylic acids is 1. The number of rotatable bonds is 7. The van der Waals surface area contributed by atoms with Crippen LogP contribution in [0.4, 0.5) is 10.1 Å². The number of aliphatic carboxylic acids is 1. The van der Waals surface area contributed by atoms with E-state index in [4.69, 9.17) is 5.11 Å². The largest absolute Gasteiger partial charge is 0.478 e. The predicted molar refractivity (Wildman–Crippen MR) is 75.4 cm³/mol. The molecular weight excluding hydrogens is 285 g/mol. The lowest BCUT2D eigenvalue weighted by atomic mass is 10.2. The minimum absolute atomic E-state index is 0.00286. The Balaban J connectivity index is 2.93. The smallest absolute Gasteiger partial charge is 0.328 e. The van der Waals surface area contributed by atoms with Gasteiger partial charge < -0.3 is 5.11 Å². The number of carboxylic acid groups (broad SMARTS) is 1. The standard InChI is InChI=1S/C13H16FNO4S/c1-2-3-8-20(18,19)15-11-5-6-12(14)10(9-11)4-7-13(16)17/h4-7,9,15H,2-3,8H2,1H3,(H,16,17)/b7-4+. The second-order valence-electron chi connectivity index (χ2n) is 4.18. The third-order valence-electron chi connectivity index (χ3n) is 2.44. The van der Waals surface area contributed by atoms with Crippen LogP contribution in [-0.4, -0.2) is 25.2 Å². The average molecular weight is 301 g/mol. The molecule has 0 aliphatic rings. The number of nitrogens with one attached hydrogen (secondary N) is 1. The van der Waals surface area contributed by atoms with Crippen LogP contribution in [0.5, 0.6) is 0 Å². The number of hydrogen-bond acceptors (Lipinski definition) is 3. The molecule has 20 heavy (non-hydrogen) atoms. The second kappa shape index (κ2) is 7.04. The van der Waals surface area contributed by atoms with Crippen LogP contribution in [0.25, 0.3) is 6.08 Å². The Hall–Kier alpha value is -1.89. The van der Waals surface area contributed by atoms with Gasteiger partial charge in [-0.25, -0.2) is 17.6 Å². The lowest BCUT2D eigenvalue weighted by molar-refractivity contribution is -0.131. The lowest BCUT2D eigenvalue weighted by Crippen LogP contribution is -2.16. The predicted octanol–water partition coefficient (Wildman–Crippen LogP) is 2.47. The van der Waals surface area contributed by atoms with Crippen molar-refractivity contribution in [3.8, 4) is 0 Å². The minimum Gasteiger partial charge on any atom is -0.478 e. The summed E-state index contributed by atoms with van der Waals surface area (Å²) in [6.45, 7) is 1.88. The zero-order chi connectivity index (χ0) is 15.2. The zero-order valence-corrected chi connectivity index (χ0v) is 11.8. The van der Waals surface area contributed by atoms with Crippen LogP contribution in [-0.2, 0) is 14.8 Å². The number of halogens is 1. The fourth-order valence-corrected chi connectivity index (χ4v) is 2.72. The summed E-state index contributed by atoms with van der Waals surface area (Å²) in [6, 6.07) is 3.62. The molecule has 0 saturated carbocycles. The number of sulfonamides is 1. The van der Waals surface area contributed by atoms with E-state index in [1.165, 1.54) is 12.1 Å². The summed E-state index contributed by atoms with van der Waals surface area (Å²) in [4.78, 5) is 10.4. The van der Waals surface area contributed by atoms with Gasteiger partial charge in [0.1, 0.15) is 5.82 Å². The first-order valence-electron chi connectivity index (χ1n) is 6.05. The molecule has 1 aromatic carbocycles. The summed E-state index contributed by atoms with van der Waals surface area (Å²) in [7, 11) is -3.47. The molecule has 7 heteroatoms. The molecule has 5 nitrogen and oxygen atoms in total. The van der Waals surface area contributed by atoms with Crippen molar-refractivity contribution < 1.29 is 22.7 Å². The topological polar surface area (TPSA) is 83.5 Å². The first-order valence-corrected chi connectivity index (χ1v) is 7.70. The highest BCUT2D eigenvalue weighted by Crippen LogP contribution is 2.17. The Kier molecular flexibility index (Phi) is 5.69. The summed E-state index contributed by atoms with van der Waals surface area (Å²) in [5.41, 5.74) is 0.204. The first kappa shape index (κ1) is 16.2. The van der Waals surface area contributed by atoms with Crippen molar-refractivity contribution in [1.82, 2.24) is 0 Å². The molecule has 0 radical (unpaired) electrons. The monoisotopic (exact) mass is 301 g/mol. The molecule has 0 heterocycles. The van der Waals surface area contributed by atoms with Crippen LogP contribution in [0, 0.1) is 5.82 Å². The molecule has 1 rings (SSSR count). The van der Waals surface area contributed by atoms with E-state index in [1.54, 1.807) is 0 Å². The van der Waals surface area contributed by atoms with E-state index in [1.807, 2.05) is 6.92 Å². The molecule has 2 N–H and O–H groups in total. The van der Waals surface area contributed by atoms with Crippen LogP contribution in [0.2, 0.25) is 0 Å². The second-order valence-corrected chi connectivity index (χ2v) is 6.02. The fourth-order valence-electron chi connectivity index (χ4n) is 1.46. The van der Waals surface area contributed by atoms with Crippen molar-refractivity contribution in [1.29, 1.82) is 0 Å². The van der Waals surface area contributed by atoms with Crippen molar-refractivity contribution in [3.63, 3.8) is 0 Å². The summed E-state index contributed by atoms with van der Waals surface area (Å²) in [5, 5.41) is 8.50. The van der Waals surface area contributed by atoms with Gasteiger partial charge in [0.05, 0.1) is 5.75 Å². The van der Waals surface area contributed by atoms with E-state index in [-0.39, 0.29) is 17.0 Å². The maximum Gasteiger partial charge on any atom is 0.328 e. The van der Waals surface area contributed by atoms with Gasteiger partial charge in [-0.2, -0.15) is 0 Å². The molecule has 0 saturated heterocycles. The van der Waals surface area contributed by atoms with Gasteiger partial charge in [0.25, 0.3) is 0 Å². The molecule has 0 unspecified atom stereocenters. The fraction of sp³-hybridized carbons (Fsp3) is 0.308. The van der Waals surface area contributed by atoms with E-state index in [0.717, 1.165) is 24.6 Å². The van der Waals surface area contributed by atoms with Gasteiger partial charge in [0.15, 0.2) is 0 Å². The van der Waals surface area contributed by atoms with Crippen molar-refractivity contribution in [3.05, 3.63) is 35.7 Å². The van der Waals surface area contributed by atoms with Crippen molar-refractivity contribution in [2.45, 2.75) is 19.8 Å². The van der Waals surface area contributed by atoms with Crippen LogP contribution >= 0.6 is 0 Å². The number of carbonyl (C=O) groups is 1. The van der Waals surface area contributed by atoms with Crippen molar-refractivity contribution >= 4 is 27.8 Å². The SMILES string of the molecule is CCCCS(=O)(=O)Nc1ccc(F)c(/C=C/C(=O)O)c1. The van der Waals surface area contributed by atoms with Gasteiger partial charge in [-0.3, -0.25) is 4.72 Å². The van der Waals surface area contributed by atoms with Crippen LogP contribution < -0.4 is 4.72 Å². The van der Waals surface area contributed by atoms with E-state index in [9.17, 15) is 17.6 Å². The molecule has 0 aliphatic carbocycles. The molecule has 0 bridgehead atoms. The average Bonchev–Trinajstić information content (AvgIpc) is 2.36. The van der Waals surface area contributed by atoms with E-state index in [2.05, 4.69) is 4.72 Å². The van der Waals surface area contributed by atoms with Gasteiger partial charge in [-0.05, 0) is 30.7 Å². The van der Waals surface area contributed by atoms with Gasteiger partial charge in [-0.15, -0.1) is 0 Å². The number of benzene rings is 1. The summed E-state index contributed by atoms with van der Waals surface area (Å²) in [6.07, 6.45) is 3.13. The first-order chi connectivity index (χ1) is 9.34. The van der Waals surface area contributed by atoms with E-state index < -0.39 is 21.8 Å². The normalized spacial score (nSPS) is 11.7. The van der Waals surface area contributed by atoms with Gasteiger partial charge >= 0.3 is 5.97 Å². The number of hydrogen-bond donors (Lipinski definition) is 2. The summed E-state index contributed by atoms with van der Waals surface area (Å²) in [5.74, 6) is -1.85. The third kappa shape index (κ3) is 5.40. The van der Waals surface area contributed by atoms with Crippen LogP contribution in [0.1, 0.15) is 25.3 Å². The van der Waals surface area contributed by atoms with Gasteiger partial charge in [-0.1, -0.05) is 13.3 Å². The number of anilines is 1. The molecule has 0 spiro atoms. The Bertz CT molecular complexity index is 611. The highest BCUT2D eigenvalue weighted by molar-refractivity contribution is 7.92. The Morgan fingerprint density at radius 3 is 2.75 bits per heavy atom. The molecule has 0 amide bonds. The highest BCUT2D eigenvalue weighted by Gasteiger charge is 2.10. The third-order valence-corrected chi connectivity index (χ3v) is 3.81.